The number of nitrogens with zero attached hydrogens (tertiary/aromatic N) is 4. The second-order valence-corrected chi connectivity index (χ2v) is 8.53. The lowest BCUT2D eigenvalue weighted by Crippen LogP contribution is -2.45. The van der Waals surface area contributed by atoms with Crippen molar-refractivity contribution in [2.24, 2.45) is 11.3 Å². The van der Waals surface area contributed by atoms with Gasteiger partial charge in [-0.2, -0.15) is 5.26 Å². The normalized spacial score (nSPS) is 23.5. The quantitative estimate of drug-likeness (QED) is 0.783. The number of carbonyl (C=O) groups excluding carboxylic acids is 1. The van der Waals surface area contributed by atoms with E-state index in [0.717, 1.165) is 31.4 Å². The lowest BCUT2D eigenvalue weighted by molar-refractivity contribution is -0.132. The van der Waals surface area contributed by atoms with Gasteiger partial charge in [-0.3, -0.25) is 14.7 Å². The van der Waals surface area contributed by atoms with Gasteiger partial charge in [-0.15, -0.1) is 0 Å². The zero-order valence-electron chi connectivity index (χ0n) is 16.8. The second kappa shape index (κ2) is 8.18. The van der Waals surface area contributed by atoms with E-state index in [1.54, 1.807) is 4.90 Å². The molecule has 1 aromatic rings. The average Bonchev–Trinajstić information content (AvgIpc) is 2.62. The van der Waals surface area contributed by atoms with Gasteiger partial charge < -0.3 is 4.90 Å². The summed E-state index contributed by atoms with van der Waals surface area (Å²) < 4.78 is 0. The SMILES string of the molecule is CN(CC(C)(C)C#N)C(=O)CC1CCC(c2ccccn2)(N(C)C)CC1. The zero-order chi connectivity index (χ0) is 19.4. The topological polar surface area (TPSA) is 60.2 Å². The van der Waals surface area contributed by atoms with Crippen molar-refractivity contribution in [3.63, 3.8) is 0 Å². The van der Waals surface area contributed by atoms with E-state index in [4.69, 9.17) is 5.26 Å². The Morgan fingerprint density at radius 3 is 2.46 bits per heavy atom. The fourth-order valence-corrected chi connectivity index (χ4v) is 4.05. The van der Waals surface area contributed by atoms with Crippen LogP contribution in [0.15, 0.2) is 24.4 Å². The van der Waals surface area contributed by atoms with E-state index < -0.39 is 5.41 Å². The van der Waals surface area contributed by atoms with Gasteiger partial charge in [0.1, 0.15) is 0 Å². The third-order valence-corrected chi connectivity index (χ3v) is 5.75. The Balaban J connectivity index is 1.97. The molecule has 0 radical (unpaired) electrons. The summed E-state index contributed by atoms with van der Waals surface area (Å²) in [7, 11) is 6.05. The molecule has 1 aliphatic carbocycles. The minimum atomic E-state index is -0.504. The molecule has 0 aromatic carbocycles. The second-order valence-electron chi connectivity index (χ2n) is 8.53. The Bertz CT molecular complexity index is 640. The predicted octanol–water partition coefficient (Wildman–Crippen LogP) is 3.43. The Hall–Kier alpha value is -1.93. The smallest absolute Gasteiger partial charge is 0.222 e. The van der Waals surface area contributed by atoms with E-state index in [1.807, 2.05) is 33.2 Å². The molecule has 0 N–H and O–H groups in total. The fraction of sp³-hybridized carbons (Fsp3) is 0.667. The lowest BCUT2D eigenvalue weighted by atomic mass is 9.72. The summed E-state index contributed by atoms with van der Waals surface area (Å²) in [6.45, 7) is 4.22. The number of hydrogen-bond donors (Lipinski definition) is 0. The van der Waals surface area contributed by atoms with Crippen LogP contribution in [0.25, 0.3) is 0 Å². The number of hydrogen-bond acceptors (Lipinski definition) is 4. The minimum Gasteiger partial charge on any atom is -0.344 e. The third kappa shape index (κ3) is 4.62. The molecule has 1 saturated carbocycles. The Morgan fingerprint density at radius 2 is 1.96 bits per heavy atom. The first-order valence-corrected chi connectivity index (χ1v) is 9.44. The molecule has 1 aromatic heterocycles. The molecule has 0 bridgehead atoms. The summed E-state index contributed by atoms with van der Waals surface area (Å²) in [5.74, 6) is 0.556. The van der Waals surface area contributed by atoms with Gasteiger partial charge in [0, 0.05) is 26.2 Å². The van der Waals surface area contributed by atoms with Crippen LogP contribution in [0.3, 0.4) is 0 Å². The number of pyridine rings is 1. The number of nitriles is 1. The fourth-order valence-electron chi connectivity index (χ4n) is 4.05. The van der Waals surface area contributed by atoms with Gasteiger partial charge in [0.25, 0.3) is 0 Å². The van der Waals surface area contributed by atoms with Crippen molar-refractivity contribution in [1.29, 1.82) is 5.26 Å². The van der Waals surface area contributed by atoms with Crippen LogP contribution in [0, 0.1) is 22.7 Å². The van der Waals surface area contributed by atoms with E-state index in [0.29, 0.717) is 18.9 Å². The molecule has 2 rings (SSSR count). The highest BCUT2D eigenvalue weighted by molar-refractivity contribution is 5.76. The first-order chi connectivity index (χ1) is 12.2. The van der Waals surface area contributed by atoms with Crippen LogP contribution in [-0.4, -0.2) is 48.4 Å². The van der Waals surface area contributed by atoms with Crippen LogP contribution in [0.2, 0.25) is 0 Å². The van der Waals surface area contributed by atoms with E-state index in [-0.39, 0.29) is 11.4 Å². The van der Waals surface area contributed by atoms with Crippen molar-refractivity contribution in [2.45, 2.75) is 51.5 Å². The Morgan fingerprint density at radius 1 is 1.31 bits per heavy atom. The zero-order valence-corrected chi connectivity index (χ0v) is 16.8. The van der Waals surface area contributed by atoms with Gasteiger partial charge in [-0.1, -0.05) is 6.07 Å². The van der Waals surface area contributed by atoms with Crippen molar-refractivity contribution in [3.8, 4) is 6.07 Å². The summed E-state index contributed by atoms with van der Waals surface area (Å²) >= 11 is 0. The molecular weight excluding hydrogens is 324 g/mol. The van der Waals surface area contributed by atoms with Gasteiger partial charge in [0.2, 0.25) is 5.91 Å². The maximum absolute atomic E-state index is 12.6. The van der Waals surface area contributed by atoms with Crippen LogP contribution in [0.5, 0.6) is 0 Å². The van der Waals surface area contributed by atoms with Gasteiger partial charge in [0.15, 0.2) is 0 Å². The summed E-state index contributed by atoms with van der Waals surface area (Å²) in [5.41, 5.74) is 0.591. The highest BCUT2D eigenvalue weighted by Gasteiger charge is 2.40. The Kier molecular flexibility index (Phi) is 6.41. The highest BCUT2D eigenvalue weighted by atomic mass is 16.2. The van der Waals surface area contributed by atoms with Crippen molar-refractivity contribution in [2.75, 3.05) is 27.7 Å². The minimum absolute atomic E-state index is 0.0322. The van der Waals surface area contributed by atoms with Gasteiger partial charge in [-0.25, -0.2) is 0 Å². The molecule has 1 amide bonds. The molecule has 0 aliphatic heterocycles. The molecule has 0 unspecified atom stereocenters. The molecular formula is C21H32N4O. The maximum atomic E-state index is 12.6. The van der Waals surface area contributed by atoms with Crippen LogP contribution < -0.4 is 0 Å². The molecule has 5 heteroatoms. The first kappa shape index (κ1) is 20.4. The predicted molar refractivity (Wildman–Crippen MR) is 103 cm³/mol. The van der Waals surface area contributed by atoms with Gasteiger partial charge >= 0.3 is 0 Å². The van der Waals surface area contributed by atoms with E-state index in [9.17, 15) is 4.79 Å². The van der Waals surface area contributed by atoms with Crippen LogP contribution in [0.4, 0.5) is 0 Å². The van der Waals surface area contributed by atoms with Crippen LogP contribution in [0.1, 0.15) is 51.6 Å². The molecule has 0 atom stereocenters. The number of carbonyl (C=O) groups is 1. The molecule has 1 aliphatic rings. The first-order valence-electron chi connectivity index (χ1n) is 9.44. The summed E-state index contributed by atoms with van der Waals surface area (Å²) in [4.78, 5) is 21.2. The van der Waals surface area contributed by atoms with Crippen molar-refractivity contribution < 1.29 is 4.79 Å². The molecule has 0 spiro atoms. The summed E-state index contributed by atoms with van der Waals surface area (Å²) in [6, 6.07) is 8.38. The van der Waals surface area contributed by atoms with Crippen molar-refractivity contribution in [3.05, 3.63) is 30.1 Å². The number of aromatic nitrogens is 1. The number of rotatable bonds is 6. The van der Waals surface area contributed by atoms with Crippen LogP contribution >= 0.6 is 0 Å². The van der Waals surface area contributed by atoms with Crippen LogP contribution in [-0.2, 0) is 10.3 Å². The number of amides is 1. The summed E-state index contributed by atoms with van der Waals surface area (Å²) in [5, 5.41) is 9.17. The van der Waals surface area contributed by atoms with E-state index in [1.165, 1.54) is 0 Å². The highest BCUT2D eigenvalue weighted by Crippen LogP contribution is 2.43. The molecule has 1 fully saturated rings. The van der Waals surface area contributed by atoms with Crippen molar-refractivity contribution in [1.82, 2.24) is 14.8 Å². The average molecular weight is 357 g/mol. The van der Waals surface area contributed by atoms with E-state index >= 15 is 0 Å². The van der Waals surface area contributed by atoms with Gasteiger partial charge in [0.05, 0.1) is 22.7 Å². The molecule has 5 nitrogen and oxygen atoms in total. The lowest BCUT2D eigenvalue weighted by Gasteiger charge is -2.44. The van der Waals surface area contributed by atoms with Gasteiger partial charge in [-0.05, 0) is 71.7 Å². The molecule has 26 heavy (non-hydrogen) atoms. The monoisotopic (exact) mass is 356 g/mol. The van der Waals surface area contributed by atoms with E-state index in [2.05, 4.69) is 42.2 Å². The molecule has 142 valence electrons. The standard InChI is InChI=1S/C21H32N4O/c1-20(2,15-22)16-25(5)19(26)14-17-9-11-21(12-10-17,24(3)4)18-8-6-7-13-23-18/h6-8,13,17H,9-12,14,16H2,1-5H3. The summed E-state index contributed by atoms with van der Waals surface area (Å²) in [6.07, 6.45) is 6.52. The maximum Gasteiger partial charge on any atom is 0.222 e. The molecule has 1 heterocycles. The van der Waals surface area contributed by atoms with Crippen molar-refractivity contribution >= 4 is 5.91 Å². The Labute approximate surface area is 158 Å². The molecule has 0 saturated heterocycles. The largest absolute Gasteiger partial charge is 0.344 e. The third-order valence-electron chi connectivity index (χ3n) is 5.75.